The molecule has 5 nitrogen and oxygen atoms in total. The van der Waals surface area contributed by atoms with Gasteiger partial charge >= 0.3 is 0 Å². The summed E-state index contributed by atoms with van der Waals surface area (Å²) < 4.78 is 0. The average Bonchev–Trinajstić information content (AvgIpc) is 3.41. The number of hydrogen-bond donors (Lipinski definition) is 2. The van der Waals surface area contributed by atoms with E-state index in [1.165, 1.54) is 0 Å². The molecular weight excluding hydrogens is 374 g/mol. The smallest absolute Gasteiger partial charge is 0.273 e. The van der Waals surface area contributed by atoms with E-state index in [0.717, 1.165) is 48.1 Å². The van der Waals surface area contributed by atoms with Gasteiger partial charge in [0.1, 0.15) is 11.4 Å². The zero-order valence-corrected chi connectivity index (χ0v) is 16.0. The summed E-state index contributed by atoms with van der Waals surface area (Å²) in [5.41, 5.74) is 4.15. The molecule has 1 amide bonds. The Morgan fingerprint density at radius 1 is 1.04 bits per heavy atom. The van der Waals surface area contributed by atoms with E-state index in [4.69, 9.17) is 11.6 Å². The molecule has 3 aromatic rings. The normalized spacial score (nSPS) is 19.4. The Balaban J connectivity index is 1.67. The molecule has 1 aliphatic heterocycles. The van der Waals surface area contributed by atoms with Gasteiger partial charge in [0.25, 0.3) is 5.91 Å². The van der Waals surface area contributed by atoms with Gasteiger partial charge in [-0.2, -0.15) is 5.10 Å². The summed E-state index contributed by atoms with van der Waals surface area (Å²) >= 11 is 6.05. The van der Waals surface area contributed by atoms with Crippen LogP contribution < -0.4 is 0 Å². The van der Waals surface area contributed by atoms with Crippen LogP contribution in [0.1, 0.15) is 53.3 Å². The van der Waals surface area contributed by atoms with Crippen LogP contribution in [0.25, 0.3) is 11.3 Å². The van der Waals surface area contributed by atoms with Crippen LogP contribution in [0.2, 0.25) is 5.02 Å². The highest BCUT2D eigenvalue weighted by Gasteiger charge is 2.45. The van der Waals surface area contributed by atoms with Gasteiger partial charge in [0.15, 0.2) is 0 Å². The second-order valence-corrected chi connectivity index (χ2v) is 7.95. The maximum absolute atomic E-state index is 13.3. The lowest BCUT2D eigenvalue weighted by molar-refractivity contribution is 0.0660. The Labute approximate surface area is 168 Å². The summed E-state index contributed by atoms with van der Waals surface area (Å²) in [5, 5.41) is 17.9. The van der Waals surface area contributed by atoms with E-state index in [1.54, 1.807) is 12.1 Å². The molecule has 1 unspecified atom stereocenters. The molecule has 2 heterocycles. The van der Waals surface area contributed by atoms with Crippen molar-refractivity contribution < 1.29 is 9.90 Å². The van der Waals surface area contributed by atoms with Gasteiger partial charge in [-0.3, -0.25) is 9.89 Å². The first-order valence-electron chi connectivity index (χ1n) is 9.59. The molecule has 1 saturated carbocycles. The molecule has 28 heavy (non-hydrogen) atoms. The minimum Gasteiger partial charge on any atom is -0.508 e. The molecule has 2 N–H and O–H groups in total. The molecular formula is C22H20ClN3O2. The van der Waals surface area contributed by atoms with Gasteiger partial charge in [0, 0.05) is 22.2 Å². The van der Waals surface area contributed by atoms with Crippen LogP contribution in [0.5, 0.6) is 5.75 Å². The van der Waals surface area contributed by atoms with E-state index in [-0.39, 0.29) is 23.7 Å². The summed E-state index contributed by atoms with van der Waals surface area (Å²) in [6.45, 7) is 0. The lowest BCUT2D eigenvalue weighted by Crippen LogP contribution is -2.37. The molecule has 0 radical (unpaired) electrons. The van der Waals surface area contributed by atoms with Crippen molar-refractivity contribution in [2.45, 2.75) is 37.8 Å². The number of nitrogens with zero attached hydrogens (tertiary/aromatic N) is 2. The minimum atomic E-state index is -0.212. The Morgan fingerprint density at radius 2 is 1.71 bits per heavy atom. The fourth-order valence-corrected chi connectivity index (χ4v) is 4.66. The third-order valence-corrected chi connectivity index (χ3v) is 6.10. The Kier molecular flexibility index (Phi) is 4.13. The number of amides is 1. The first kappa shape index (κ1) is 17.3. The number of aromatic hydroxyl groups is 1. The summed E-state index contributed by atoms with van der Waals surface area (Å²) in [7, 11) is 0. The van der Waals surface area contributed by atoms with Crippen LogP contribution in [0.15, 0.2) is 48.5 Å². The van der Waals surface area contributed by atoms with Crippen LogP contribution in [0.4, 0.5) is 0 Å². The summed E-state index contributed by atoms with van der Waals surface area (Å²) in [4.78, 5) is 15.3. The van der Waals surface area contributed by atoms with Crippen molar-refractivity contribution in [2.24, 2.45) is 0 Å². The quantitative estimate of drug-likeness (QED) is 0.663. The van der Waals surface area contributed by atoms with Gasteiger partial charge in [0.2, 0.25) is 0 Å². The number of phenols is 1. The van der Waals surface area contributed by atoms with Gasteiger partial charge in [0.05, 0.1) is 11.7 Å². The number of halogens is 1. The van der Waals surface area contributed by atoms with E-state index in [1.807, 2.05) is 41.3 Å². The molecule has 6 heteroatoms. The van der Waals surface area contributed by atoms with Gasteiger partial charge in [-0.15, -0.1) is 0 Å². The number of carbonyl (C=O) groups excluding carboxylic acids is 1. The third-order valence-electron chi connectivity index (χ3n) is 5.85. The molecule has 5 rings (SSSR count). The molecule has 0 saturated heterocycles. The maximum atomic E-state index is 13.3. The summed E-state index contributed by atoms with van der Waals surface area (Å²) in [6, 6.07) is 14.7. The number of aromatic nitrogens is 2. The average molecular weight is 394 g/mol. The zero-order chi connectivity index (χ0) is 19.3. The number of phenolic OH excluding ortho intramolecular Hbond substituents is 1. The molecule has 0 bridgehead atoms. The molecule has 1 fully saturated rings. The molecule has 1 atom stereocenters. The second kappa shape index (κ2) is 6.67. The van der Waals surface area contributed by atoms with E-state index in [9.17, 15) is 9.90 Å². The van der Waals surface area contributed by atoms with E-state index >= 15 is 0 Å². The number of rotatable bonds is 3. The van der Waals surface area contributed by atoms with Crippen molar-refractivity contribution in [1.82, 2.24) is 15.1 Å². The number of fused-ring (bicyclic) bond motifs is 1. The lowest BCUT2D eigenvalue weighted by Gasteiger charge is -2.31. The number of aromatic amines is 1. The fourth-order valence-electron chi connectivity index (χ4n) is 4.54. The van der Waals surface area contributed by atoms with Crippen molar-refractivity contribution in [3.8, 4) is 17.0 Å². The zero-order valence-electron chi connectivity index (χ0n) is 15.2. The largest absolute Gasteiger partial charge is 0.508 e. The number of hydrogen-bond acceptors (Lipinski definition) is 3. The van der Waals surface area contributed by atoms with Crippen molar-refractivity contribution in [1.29, 1.82) is 0 Å². The standard InChI is InChI=1S/C22H20ClN3O2/c23-15-9-5-13(6-10-15)19-18-20(25-24-19)22(28)26(16-3-1-2-4-16)21(18)14-7-11-17(27)12-8-14/h5-12,16,21,27H,1-4H2,(H,24,25). The third kappa shape index (κ3) is 2.69. The highest BCUT2D eigenvalue weighted by molar-refractivity contribution is 6.30. The topological polar surface area (TPSA) is 69.2 Å². The van der Waals surface area contributed by atoms with Crippen molar-refractivity contribution in [2.75, 3.05) is 0 Å². The lowest BCUT2D eigenvalue weighted by atomic mass is 9.95. The molecule has 1 aromatic heterocycles. The van der Waals surface area contributed by atoms with Gasteiger partial charge in [-0.25, -0.2) is 0 Å². The Morgan fingerprint density at radius 3 is 2.39 bits per heavy atom. The van der Waals surface area contributed by atoms with Gasteiger partial charge in [-0.1, -0.05) is 48.7 Å². The molecule has 2 aromatic carbocycles. The van der Waals surface area contributed by atoms with E-state index < -0.39 is 0 Å². The number of H-pyrrole nitrogens is 1. The second-order valence-electron chi connectivity index (χ2n) is 7.51. The highest BCUT2D eigenvalue weighted by atomic mass is 35.5. The number of nitrogens with one attached hydrogen (secondary N) is 1. The number of carbonyl (C=O) groups is 1. The first-order valence-corrected chi connectivity index (χ1v) is 9.97. The molecule has 1 aliphatic carbocycles. The van der Waals surface area contributed by atoms with Gasteiger partial charge in [-0.05, 0) is 42.7 Å². The van der Waals surface area contributed by atoms with E-state index in [2.05, 4.69) is 10.2 Å². The molecule has 0 spiro atoms. The predicted octanol–water partition coefficient (Wildman–Crippen LogP) is 4.92. The van der Waals surface area contributed by atoms with Crippen molar-refractivity contribution >= 4 is 17.5 Å². The first-order chi connectivity index (χ1) is 13.6. The van der Waals surface area contributed by atoms with Crippen LogP contribution in [0.3, 0.4) is 0 Å². The van der Waals surface area contributed by atoms with Crippen molar-refractivity contribution in [3.05, 3.63) is 70.4 Å². The summed E-state index contributed by atoms with van der Waals surface area (Å²) in [5.74, 6) is 0.221. The van der Waals surface area contributed by atoms with Crippen LogP contribution in [-0.4, -0.2) is 32.2 Å². The van der Waals surface area contributed by atoms with Crippen molar-refractivity contribution in [3.63, 3.8) is 0 Å². The SMILES string of the molecule is O=C1c2[nH]nc(-c3ccc(Cl)cc3)c2C(c2ccc(O)cc2)N1C1CCCC1. The number of benzene rings is 2. The van der Waals surface area contributed by atoms with Crippen LogP contribution >= 0.6 is 11.6 Å². The van der Waals surface area contributed by atoms with Crippen LogP contribution in [0, 0.1) is 0 Å². The maximum Gasteiger partial charge on any atom is 0.273 e. The summed E-state index contributed by atoms with van der Waals surface area (Å²) in [6.07, 6.45) is 4.34. The van der Waals surface area contributed by atoms with Crippen LogP contribution in [-0.2, 0) is 0 Å². The minimum absolute atomic E-state index is 0.00712. The Hall–Kier alpha value is -2.79. The monoisotopic (exact) mass is 393 g/mol. The molecule has 2 aliphatic rings. The fraction of sp³-hybridized carbons (Fsp3) is 0.273. The van der Waals surface area contributed by atoms with E-state index in [0.29, 0.717) is 10.7 Å². The van der Waals surface area contributed by atoms with Gasteiger partial charge < -0.3 is 10.0 Å². The Bertz CT molecular complexity index is 1020. The predicted molar refractivity (Wildman–Crippen MR) is 107 cm³/mol. The molecule has 142 valence electrons. The highest BCUT2D eigenvalue weighted by Crippen LogP contribution is 2.46.